The van der Waals surface area contributed by atoms with E-state index in [-0.39, 0.29) is 36.7 Å². The third-order valence-electron chi connectivity index (χ3n) is 6.25. The largest absolute Gasteiger partial charge is 0.484 e. The molecule has 0 bridgehead atoms. The second kappa shape index (κ2) is 11.3. The number of aromatic nitrogens is 1. The highest BCUT2D eigenvalue weighted by Gasteiger charge is 2.52. The molecule has 2 aliphatic heterocycles. The van der Waals surface area contributed by atoms with Crippen LogP contribution in [0.3, 0.4) is 0 Å². The van der Waals surface area contributed by atoms with Crippen molar-refractivity contribution in [2.75, 3.05) is 26.4 Å². The standard InChI is InChI=1S/C24H27F3N2O7S/c25-24(26,27)16-35-18-6-4-17(5-7-18)20-9-8-19(15-28-20)37(31,32)23(10-13-33-14-11-23)22(30)29-36-21-3-1-2-12-34-21/h4-9,15,21H,1-3,10-14,16H2,(H,29,30). The molecule has 0 saturated carbocycles. The molecule has 1 atom stereocenters. The SMILES string of the molecule is O=C(NOC1CCCCO1)C1(S(=O)(=O)c2ccc(-c3ccc(OCC(F)(F)F)cc3)nc2)CCOCC1. The molecule has 37 heavy (non-hydrogen) atoms. The molecular formula is C24H27F3N2O7S. The van der Waals surface area contributed by atoms with Crippen LogP contribution < -0.4 is 10.2 Å². The van der Waals surface area contributed by atoms with Crippen LogP contribution in [0, 0.1) is 0 Å². The molecule has 9 nitrogen and oxygen atoms in total. The van der Waals surface area contributed by atoms with Crippen LogP contribution >= 0.6 is 0 Å². The fourth-order valence-electron chi connectivity index (χ4n) is 4.16. The number of ether oxygens (including phenoxy) is 3. The number of nitrogens with zero attached hydrogens (tertiary/aromatic N) is 1. The van der Waals surface area contributed by atoms with E-state index in [4.69, 9.17) is 19.0 Å². The van der Waals surface area contributed by atoms with Gasteiger partial charge in [0.2, 0.25) is 0 Å². The molecule has 3 heterocycles. The molecule has 1 N–H and O–H groups in total. The molecule has 0 aliphatic carbocycles. The molecule has 1 amide bonds. The first kappa shape index (κ1) is 27.3. The Morgan fingerprint density at radius 1 is 1.08 bits per heavy atom. The third kappa shape index (κ3) is 6.40. The summed E-state index contributed by atoms with van der Waals surface area (Å²) in [4.78, 5) is 22.6. The Bertz CT molecular complexity index is 1160. The van der Waals surface area contributed by atoms with E-state index in [1.807, 2.05) is 0 Å². The fraction of sp³-hybridized carbons (Fsp3) is 0.500. The maximum Gasteiger partial charge on any atom is 0.422 e. The number of hydrogen-bond acceptors (Lipinski definition) is 8. The topological polar surface area (TPSA) is 113 Å². The van der Waals surface area contributed by atoms with Crippen LogP contribution in [0.15, 0.2) is 47.5 Å². The molecule has 4 rings (SSSR count). The van der Waals surface area contributed by atoms with Gasteiger partial charge < -0.3 is 14.2 Å². The van der Waals surface area contributed by atoms with Crippen molar-refractivity contribution in [3.05, 3.63) is 42.6 Å². The van der Waals surface area contributed by atoms with Gasteiger partial charge in [-0.15, -0.1) is 0 Å². The molecule has 1 aromatic carbocycles. The van der Waals surface area contributed by atoms with Crippen LogP contribution in [-0.2, 0) is 28.9 Å². The molecular weight excluding hydrogens is 517 g/mol. The molecule has 0 radical (unpaired) electrons. The number of halogens is 3. The van der Waals surface area contributed by atoms with Crippen molar-refractivity contribution in [3.8, 4) is 17.0 Å². The minimum Gasteiger partial charge on any atom is -0.484 e. The molecule has 1 unspecified atom stereocenters. The number of pyridine rings is 1. The van der Waals surface area contributed by atoms with E-state index in [0.29, 0.717) is 24.3 Å². The summed E-state index contributed by atoms with van der Waals surface area (Å²) in [6.07, 6.45) is -1.69. The first-order valence-electron chi connectivity index (χ1n) is 11.8. The quantitative estimate of drug-likeness (QED) is 0.502. The molecule has 0 spiro atoms. The van der Waals surface area contributed by atoms with Crippen molar-refractivity contribution in [2.45, 2.75) is 54.2 Å². The molecule has 202 valence electrons. The van der Waals surface area contributed by atoms with Gasteiger partial charge in [0.1, 0.15) is 5.75 Å². The first-order valence-corrected chi connectivity index (χ1v) is 13.3. The highest BCUT2D eigenvalue weighted by Crippen LogP contribution is 2.36. The number of sulfone groups is 1. The predicted molar refractivity (Wildman–Crippen MR) is 124 cm³/mol. The van der Waals surface area contributed by atoms with Gasteiger partial charge in [0.05, 0.1) is 10.6 Å². The number of nitrogens with one attached hydrogen (secondary N) is 1. The fourth-order valence-corrected chi connectivity index (χ4v) is 6.04. The van der Waals surface area contributed by atoms with Crippen molar-refractivity contribution in [1.29, 1.82) is 0 Å². The highest BCUT2D eigenvalue weighted by molar-refractivity contribution is 7.93. The van der Waals surface area contributed by atoms with Crippen molar-refractivity contribution in [3.63, 3.8) is 0 Å². The Labute approximate surface area is 212 Å². The van der Waals surface area contributed by atoms with Gasteiger partial charge in [-0.1, -0.05) is 0 Å². The number of hydroxylamine groups is 1. The summed E-state index contributed by atoms with van der Waals surface area (Å²) in [6.45, 7) is -0.739. The van der Waals surface area contributed by atoms with Gasteiger partial charge in [-0.3, -0.25) is 9.78 Å². The summed E-state index contributed by atoms with van der Waals surface area (Å²) in [5.74, 6) is -0.753. The zero-order chi connectivity index (χ0) is 26.5. The van der Waals surface area contributed by atoms with Crippen LogP contribution in [0.4, 0.5) is 13.2 Å². The summed E-state index contributed by atoms with van der Waals surface area (Å²) >= 11 is 0. The van der Waals surface area contributed by atoms with Gasteiger partial charge in [-0.2, -0.15) is 13.2 Å². The first-order chi connectivity index (χ1) is 17.6. The van der Waals surface area contributed by atoms with Gasteiger partial charge in [-0.05, 0) is 62.1 Å². The zero-order valence-corrected chi connectivity index (χ0v) is 20.6. The number of carbonyl (C=O) groups is 1. The van der Waals surface area contributed by atoms with Crippen LogP contribution in [0.25, 0.3) is 11.3 Å². The average Bonchev–Trinajstić information content (AvgIpc) is 2.91. The monoisotopic (exact) mass is 544 g/mol. The molecule has 13 heteroatoms. The minimum atomic E-state index is -4.45. The van der Waals surface area contributed by atoms with E-state index in [1.54, 1.807) is 0 Å². The lowest BCUT2D eigenvalue weighted by Crippen LogP contribution is -2.56. The van der Waals surface area contributed by atoms with Crippen molar-refractivity contribution < 1.29 is 45.4 Å². The van der Waals surface area contributed by atoms with Crippen molar-refractivity contribution in [2.24, 2.45) is 0 Å². The van der Waals surface area contributed by atoms with Crippen molar-refractivity contribution in [1.82, 2.24) is 10.5 Å². The number of hydrogen-bond donors (Lipinski definition) is 1. The van der Waals surface area contributed by atoms with Gasteiger partial charge in [-0.25, -0.2) is 18.7 Å². The summed E-state index contributed by atoms with van der Waals surface area (Å²) < 4.78 is 78.0. The lowest BCUT2D eigenvalue weighted by molar-refractivity contribution is -0.202. The zero-order valence-electron chi connectivity index (χ0n) is 19.8. The van der Waals surface area contributed by atoms with Gasteiger partial charge in [0, 0.05) is 38.0 Å². The number of carbonyl (C=O) groups excluding carboxylic acids is 1. The third-order valence-corrected chi connectivity index (χ3v) is 8.73. The minimum absolute atomic E-state index is 0.0357. The number of benzene rings is 1. The smallest absolute Gasteiger partial charge is 0.422 e. The normalized spacial score (nSPS) is 20.2. The van der Waals surface area contributed by atoms with Crippen molar-refractivity contribution >= 4 is 15.7 Å². The van der Waals surface area contributed by atoms with E-state index in [0.717, 1.165) is 19.0 Å². The van der Waals surface area contributed by atoms with Crippen LogP contribution in [0.5, 0.6) is 5.75 Å². The van der Waals surface area contributed by atoms with E-state index in [1.165, 1.54) is 36.4 Å². The van der Waals surface area contributed by atoms with Crippen LogP contribution in [0.2, 0.25) is 0 Å². The summed E-state index contributed by atoms with van der Waals surface area (Å²) in [6, 6.07) is 8.58. The van der Waals surface area contributed by atoms with Gasteiger partial charge in [0.15, 0.2) is 27.5 Å². The number of rotatable bonds is 8. The Morgan fingerprint density at radius 3 is 2.41 bits per heavy atom. The lowest BCUT2D eigenvalue weighted by atomic mass is 9.98. The Kier molecular flexibility index (Phi) is 8.36. The highest BCUT2D eigenvalue weighted by atomic mass is 32.2. The molecule has 2 aromatic rings. The molecule has 2 fully saturated rings. The van der Waals surface area contributed by atoms with E-state index in [2.05, 4.69) is 10.5 Å². The second-order valence-corrected chi connectivity index (χ2v) is 11.0. The maximum atomic E-state index is 13.7. The summed E-state index contributed by atoms with van der Waals surface area (Å²) in [5.41, 5.74) is 3.24. The summed E-state index contributed by atoms with van der Waals surface area (Å²) in [7, 11) is -4.20. The Balaban J connectivity index is 1.50. The maximum absolute atomic E-state index is 13.7. The predicted octanol–water partition coefficient (Wildman–Crippen LogP) is 3.59. The molecule has 2 saturated heterocycles. The number of alkyl halides is 3. The van der Waals surface area contributed by atoms with Crippen LogP contribution in [-0.4, -0.2) is 62.9 Å². The van der Waals surface area contributed by atoms with E-state index in [9.17, 15) is 26.4 Å². The second-order valence-electron chi connectivity index (χ2n) is 8.76. The average molecular weight is 545 g/mol. The summed E-state index contributed by atoms with van der Waals surface area (Å²) in [5, 5.41) is 0. The van der Waals surface area contributed by atoms with Gasteiger partial charge in [0.25, 0.3) is 5.91 Å². The number of amides is 1. The molecule has 1 aromatic heterocycles. The Hall–Kier alpha value is -2.74. The van der Waals surface area contributed by atoms with E-state index < -0.39 is 39.6 Å². The van der Waals surface area contributed by atoms with Crippen LogP contribution in [0.1, 0.15) is 32.1 Å². The Morgan fingerprint density at radius 2 is 1.81 bits per heavy atom. The molecule has 2 aliphatic rings. The lowest BCUT2D eigenvalue weighted by Gasteiger charge is -2.35. The van der Waals surface area contributed by atoms with E-state index >= 15 is 0 Å². The van der Waals surface area contributed by atoms with Gasteiger partial charge >= 0.3 is 6.18 Å².